The van der Waals surface area contributed by atoms with E-state index in [1.54, 1.807) is 0 Å². The Labute approximate surface area is 236 Å². The average molecular weight is 599 g/mol. The summed E-state index contributed by atoms with van der Waals surface area (Å²) in [6, 6.07) is 3.55. The summed E-state index contributed by atoms with van der Waals surface area (Å²) in [5.41, 5.74) is -1.28. The van der Waals surface area contributed by atoms with Crippen LogP contribution in [0.3, 0.4) is 0 Å². The molecule has 0 amide bonds. The van der Waals surface area contributed by atoms with Gasteiger partial charge in [-0.15, -0.1) is 0 Å². The molecule has 0 aliphatic carbocycles. The van der Waals surface area contributed by atoms with Crippen molar-refractivity contribution in [3.05, 3.63) is 28.4 Å². The van der Waals surface area contributed by atoms with Gasteiger partial charge in [0.15, 0.2) is 29.0 Å². The van der Waals surface area contributed by atoms with Gasteiger partial charge in [0.05, 0.1) is 27.4 Å². The van der Waals surface area contributed by atoms with Crippen LogP contribution < -0.4 is 19.6 Å². The van der Waals surface area contributed by atoms with E-state index in [4.69, 9.17) is 32.8 Å². The lowest BCUT2D eigenvalue weighted by molar-refractivity contribution is -0.307. The molecule has 16 heteroatoms. The number of ether oxygens (including phenoxy) is 6. The summed E-state index contributed by atoms with van der Waals surface area (Å²) in [7, 11) is 2.53. The third-order valence-electron chi connectivity index (χ3n) is 7.15. The highest BCUT2D eigenvalue weighted by Gasteiger charge is 2.47. The molecule has 2 aromatic carbocycles. The molecule has 2 aliphatic heterocycles. The van der Waals surface area contributed by atoms with E-state index in [2.05, 4.69) is 0 Å². The predicted molar refractivity (Wildman–Crippen MR) is 137 cm³/mol. The Hall–Kier alpha value is -3.45. The van der Waals surface area contributed by atoms with E-state index in [1.165, 1.54) is 26.4 Å². The number of phenols is 2. The van der Waals surface area contributed by atoms with Crippen molar-refractivity contribution in [1.82, 2.24) is 0 Å². The van der Waals surface area contributed by atoms with Crippen molar-refractivity contribution in [1.29, 1.82) is 0 Å². The molecule has 9 atom stereocenters. The van der Waals surface area contributed by atoms with E-state index in [9.17, 15) is 45.6 Å². The highest BCUT2D eigenvalue weighted by Crippen LogP contribution is 2.43. The van der Waals surface area contributed by atoms with Gasteiger partial charge in [0.2, 0.25) is 17.5 Å². The summed E-state index contributed by atoms with van der Waals surface area (Å²) >= 11 is 0. The molecule has 0 spiro atoms. The molecule has 230 valence electrons. The van der Waals surface area contributed by atoms with E-state index in [1.807, 2.05) is 0 Å². The average Bonchev–Trinajstić information content (AvgIpc) is 2.96. The Kier molecular flexibility index (Phi) is 8.35. The van der Waals surface area contributed by atoms with Gasteiger partial charge in [-0.05, 0) is 12.1 Å². The first-order valence-electron chi connectivity index (χ1n) is 12.7. The summed E-state index contributed by atoms with van der Waals surface area (Å²) in [4.78, 5) is 13.7. The fourth-order valence-corrected chi connectivity index (χ4v) is 4.86. The quantitative estimate of drug-likeness (QED) is 0.137. The number of hydrogen-bond donors (Lipinski definition) is 8. The molecule has 0 unspecified atom stereocenters. The van der Waals surface area contributed by atoms with Crippen LogP contribution in [0.2, 0.25) is 0 Å². The predicted octanol–water partition coefficient (Wildman–Crippen LogP) is -1.98. The second-order valence-corrected chi connectivity index (χ2v) is 9.77. The zero-order valence-electron chi connectivity index (χ0n) is 22.2. The maximum Gasteiger partial charge on any atom is 0.229 e. The van der Waals surface area contributed by atoms with Crippen molar-refractivity contribution in [2.75, 3.05) is 27.4 Å². The zero-order valence-corrected chi connectivity index (χ0v) is 22.2. The molecule has 3 aromatic rings. The number of aliphatic hydroxyl groups excluding tert-OH is 6. The molecule has 0 saturated carbocycles. The topological polar surface area (TPSA) is 247 Å². The minimum absolute atomic E-state index is 0.0924. The van der Waals surface area contributed by atoms with Gasteiger partial charge in [-0.2, -0.15) is 0 Å². The summed E-state index contributed by atoms with van der Waals surface area (Å²) in [6.07, 6.45) is -14.6. The van der Waals surface area contributed by atoms with Crippen molar-refractivity contribution >= 4 is 21.9 Å². The third kappa shape index (κ3) is 5.06. The Morgan fingerprint density at radius 3 is 2.21 bits per heavy atom. The van der Waals surface area contributed by atoms with E-state index in [0.29, 0.717) is 0 Å². The van der Waals surface area contributed by atoms with Crippen molar-refractivity contribution < 1.29 is 73.7 Å². The van der Waals surface area contributed by atoms with Crippen LogP contribution in [-0.4, -0.2) is 124 Å². The van der Waals surface area contributed by atoms with Crippen molar-refractivity contribution in [2.24, 2.45) is 0 Å². The first kappa shape index (κ1) is 30.0. The molecule has 5 rings (SSSR count). The van der Waals surface area contributed by atoms with Gasteiger partial charge in [0, 0.05) is 6.07 Å². The molecule has 3 heterocycles. The second kappa shape index (κ2) is 11.7. The van der Waals surface area contributed by atoms with Crippen LogP contribution in [0.4, 0.5) is 0 Å². The largest absolute Gasteiger partial charge is 0.507 e. The summed E-state index contributed by atoms with van der Waals surface area (Å²) in [5.74, 6) is -1.57. The van der Waals surface area contributed by atoms with E-state index < -0.39 is 84.6 Å². The SMILES string of the molecule is COc1ccc(O)c2c(=O)c3c(O[C@@H]4O[C@H](CO[C@@H]5OC[C@@H](O)[C@H](O)[C@H]5O)[C@@H](O)[C@H](O)[C@H]4O)cc(O)c(OC)c3oc12. The molecule has 16 nitrogen and oxygen atoms in total. The maximum absolute atomic E-state index is 13.7. The molecular formula is C26H30O16. The maximum atomic E-state index is 13.7. The van der Waals surface area contributed by atoms with E-state index in [0.717, 1.165) is 6.07 Å². The van der Waals surface area contributed by atoms with E-state index >= 15 is 0 Å². The van der Waals surface area contributed by atoms with E-state index in [-0.39, 0.29) is 40.0 Å². The number of aliphatic hydroxyl groups is 6. The monoisotopic (exact) mass is 598 g/mol. The molecule has 42 heavy (non-hydrogen) atoms. The van der Waals surface area contributed by atoms with Crippen LogP contribution in [0.25, 0.3) is 21.9 Å². The first-order chi connectivity index (χ1) is 20.0. The van der Waals surface area contributed by atoms with Gasteiger partial charge < -0.3 is 73.7 Å². The fraction of sp³-hybridized carbons (Fsp3) is 0.500. The minimum Gasteiger partial charge on any atom is -0.507 e. The van der Waals surface area contributed by atoms with Gasteiger partial charge in [-0.1, -0.05) is 0 Å². The lowest BCUT2D eigenvalue weighted by atomic mass is 9.99. The number of aromatic hydroxyl groups is 2. The van der Waals surface area contributed by atoms with Crippen LogP contribution in [0.1, 0.15) is 0 Å². The van der Waals surface area contributed by atoms with Crippen LogP contribution in [0, 0.1) is 0 Å². The Balaban J connectivity index is 1.50. The zero-order chi connectivity index (χ0) is 30.5. The standard InChI is InChI=1S/C26H30O16/c1-36-11-4-3-8(27)14-18(32)15-12(5-9(28)22(37-2)24(15)42-23(11)14)40-26-21(35)19(33)17(31)13(41-26)7-39-25-20(34)16(30)10(29)6-38-25/h3-5,10,13,16-17,19-21,25-31,33-35H,6-7H2,1-2H3/t10-,13-,16+,17-,19+,20-,21-,25+,26-/m1/s1. The smallest absolute Gasteiger partial charge is 0.229 e. The van der Waals surface area contributed by atoms with Crippen LogP contribution >= 0.6 is 0 Å². The lowest BCUT2D eigenvalue weighted by Crippen LogP contribution is -2.61. The molecule has 2 saturated heterocycles. The highest BCUT2D eigenvalue weighted by molar-refractivity contribution is 6.01. The van der Waals surface area contributed by atoms with Crippen LogP contribution in [0.5, 0.6) is 28.7 Å². The molecular weight excluding hydrogens is 568 g/mol. The molecule has 1 aromatic heterocycles. The van der Waals surface area contributed by atoms with Crippen molar-refractivity contribution in [3.63, 3.8) is 0 Å². The minimum atomic E-state index is -1.88. The van der Waals surface area contributed by atoms with Crippen molar-refractivity contribution in [2.45, 2.75) is 55.3 Å². The Morgan fingerprint density at radius 2 is 1.52 bits per heavy atom. The summed E-state index contributed by atoms with van der Waals surface area (Å²) in [5, 5.41) is 81.6. The number of fused-ring (bicyclic) bond motifs is 2. The summed E-state index contributed by atoms with van der Waals surface area (Å²) < 4.78 is 38.2. The number of hydrogen-bond acceptors (Lipinski definition) is 16. The number of benzene rings is 2. The van der Waals surface area contributed by atoms with Crippen LogP contribution in [0.15, 0.2) is 27.4 Å². The Morgan fingerprint density at radius 1 is 0.810 bits per heavy atom. The first-order valence-corrected chi connectivity index (χ1v) is 12.7. The lowest BCUT2D eigenvalue weighted by Gasteiger charge is -2.41. The second-order valence-electron chi connectivity index (χ2n) is 9.77. The molecule has 2 aliphatic rings. The van der Waals surface area contributed by atoms with Gasteiger partial charge in [-0.25, -0.2) is 0 Å². The van der Waals surface area contributed by atoms with Gasteiger partial charge >= 0.3 is 0 Å². The summed E-state index contributed by atoms with van der Waals surface area (Å²) in [6.45, 7) is -0.902. The van der Waals surface area contributed by atoms with Crippen molar-refractivity contribution in [3.8, 4) is 28.7 Å². The molecule has 2 fully saturated rings. The third-order valence-corrected chi connectivity index (χ3v) is 7.15. The normalized spacial score (nSPS) is 31.8. The van der Waals surface area contributed by atoms with Gasteiger partial charge in [0.25, 0.3) is 0 Å². The fourth-order valence-electron chi connectivity index (χ4n) is 4.86. The number of methoxy groups -OCH3 is 2. The molecule has 0 radical (unpaired) electrons. The highest BCUT2D eigenvalue weighted by atomic mass is 16.7. The Bertz CT molecular complexity index is 1510. The number of phenolic OH excluding ortho intramolecular Hbond substituents is 2. The molecule has 0 bridgehead atoms. The molecule has 8 N–H and O–H groups in total. The number of rotatable bonds is 7. The van der Waals surface area contributed by atoms with Crippen LogP contribution in [-0.2, 0) is 14.2 Å². The van der Waals surface area contributed by atoms with Gasteiger partial charge in [-0.3, -0.25) is 4.79 Å². The van der Waals surface area contributed by atoms with Gasteiger partial charge in [0.1, 0.15) is 65.0 Å².